The largest absolute Gasteiger partial charge is 0.367 e. The van der Waals surface area contributed by atoms with Crippen molar-refractivity contribution in [3.8, 4) is 0 Å². The van der Waals surface area contributed by atoms with E-state index in [0.29, 0.717) is 0 Å². The van der Waals surface area contributed by atoms with Crippen LogP contribution in [0.1, 0.15) is 19.4 Å². The molecule has 1 aromatic rings. The fourth-order valence-electron chi connectivity index (χ4n) is 1.02. The smallest absolute Gasteiger partial charge is 0.148 e. The third kappa shape index (κ3) is 3.47. The molecule has 0 amide bonds. The van der Waals surface area contributed by atoms with E-state index in [4.69, 9.17) is 0 Å². The monoisotopic (exact) mass is 208 g/mol. The third-order valence-electron chi connectivity index (χ3n) is 2.70. The summed E-state index contributed by atoms with van der Waals surface area (Å²) >= 11 is 0. The van der Waals surface area contributed by atoms with E-state index in [1.54, 1.807) is 6.20 Å². The molecule has 0 aromatic carbocycles. The van der Waals surface area contributed by atoms with Crippen molar-refractivity contribution in [1.82, 2.24) is 15.1 Å². The van der Waals surface area contributed by atoms with Crippen molar-refractivity contribution in [2.24, 2.45) is 0 Å². The van der Waals surface area contributed by atoms with Crippen LogP contribution in [0.4, 0.5) is 5.82 Å². The number of nitrogens with zero attached hydrogens (tertiary/aromatic N) is 3. The van der Waals surface area contributed by atoms with E-state index in [1.807, 2.05) is 13.0 Å². The molecular weight excluding hydrogens is 188 g/mol. The standard InChI is InChI=1S/C11H20N4/c1-9-6-10(14-13-7-9)12-8-11(2,3)15(4)5/h6-7H,8H2,1-5H3,(H,12,14). The van der Waals surface area contributed by atoms with Gasteiger partial charge in [0.05, 0.1) is 6.20 Å². The Hall–Kier alpha value is -1.16. The maximum atomic E-state index is 4.02. The minimum Gasteiger partial charge on any atom is -0.367 e. The molecule has 0 aliphatic rings. The minimum atomic E-state index is 0.103. The normalized spacial score (nSPS) is 11.9. The first kappa shape index (κ1) is 11.9. The number of hydrogen-bond acceptors (Lipinski definition) is 4. The van der Waals surface area contributed by atoms with Gasteiger partial charge in [-0.05, 0) is 46.5 Å². The molecule has 0 aliphatic carbocycles. The highest BCUT2D eigenvalue weighted by Gasteiger charge is 2.19. The fourth-order valence-corrected chi connectivity index (χ4v) is 1.02. The summed E-state index contributed by atoms with van der Waals surface area (Å²) in [6.07, 6.45) is 1.75. The summed E-state index contributed by atoms with van der Waals surface area (Å²) in [5.74, 6) is 0.838. The Labute approximate surface area is 91.7 Å². The summed E-state index contributed by atoms with van der Waals surface area (Å²) in [4.78, 5) is 2.18. The SMILES string of the molecule is Cc1cnnc(NCC(C)(C)N(C)C)c1. The summed E-state index contributed by atoms with van der Waals surface area (Å²) < 4.78 is 0. The van der Waals surface area contributed by atoms with Crippen molar-refractivity contribution in [3.05, 3.63) is 17.8 Å². The van der Waals surface area contributed by atoms with Gasteiger partial charge in [0.15, 0.2) is 0 Å². The molecule has 1 N–H and O–H groups in total. The van der Waals surface area contributed by atoms with Gasteiger partial charge in [-0.1, -0.05) is 0 Å². The average molecular weight is 208 g/mol. The molecule has 1 rings (SSSR count). The maximum absolute atomic E-state index is 4.02. The summed E-state index contributed by atoms with van der Waals surface area (Å²) in [6, 6.07) is 2.00. The van der Waals surface area contributed by atoms with Crippen LogP contribution in [-0.2, 0) is 0 Å². The molecule has 0 aliphatic heterocycles. The van der Waals surface area contributed by atoms with Gasteiger partial charge in [-0.2, -0.15) is 5.10 Å². The molecule has 4 heteroatoms. The highest BCUT2D eigenvalue weighted by atomic mass is 15.2. The van der Waals surface area contributed by atoms with Gasteiger partial charge in [-0.25, -0.2) is 0 Å². The van der Waals surface area contributed by atoms with E-state index in [0.717, 1.165) is 17.9 Å². The molecule has 1 aromatic heterocycles. The first-order chi connectivity index (χ1) is 6.92. The molecule has 84 valence electrons. The Morgan fingerprint density at radius 1 is 1.40 bits per heavy atom. The van der Waals surface area contributed by atoms with Crippen LogP contribution in [0.15, 0.2) is 12.3 Å². The van der Waals surface area contributed by atoms with Crippen LogP contribution >= 0.6 is 0 Å². The average Bonchev–Trinajstić information content (AvgIpc) is 2.15. The van der Waals surface area contributed by atoms with Gasteiger partial charge in [-0.15, -0.1) is 5.10 Å². The van der Waals surface area contributed by atoms with Crippen LogP contribution in [0, 0.1) is 6.92 Å². The molecule has 0 saturated heterocycles. The predicted molar refractivity (Wildman–Crippen MR) is 63.0 cm³/mol. The minimum absolute atomic E-state index is 0.103. The van der Waals surface area contributed by atoms with E-state index in [-0.39, 0.29) is 5.54 Å². The van der Waals surface area contributed by atoms with Crippen molar-refractivity contribution < 1.29 is 0 Å². The maximum Gasteiger partial charge on any atom is 0.148 e. The Kier molecular flexibility index (Phi) is 3.63. The van der Waals surface area contributed by atoms with Crippen LogP contribution in [0.25, 0.3) is 0 Å². The Morgan fingerprint density at radius 3 is 2.60 bits per heavy atom. The fraction of sp³-hybridized carbons (Fsp3) is 0.636. The number of aromatic nitrogens is 2. The molecule has 15 heavy (non-hydrogen) atoms. The number of aryl methyl sites for hydroxylation is 1. The van der Waals surface area contributed by atoms with Gasteiger partial charge in [0.2, 0.25) is 0 Å². The molecule has 0 radical (unpaired) electrons. The lowest BCUT2D eigenvalue weighted by Crippen LogP contribution is -2.44. The number of anilines is 1. The number of likely N-dealkylation sites (N-methyl/N-ethyl adjacent to an activating group) is 1. The van der Waals surface area contributed by atoms with Gasteiger partial charge < -0.3 is 10.2 Å². The molecule has 0 saturated carbocycles. The van der Waals surface area contributed by atoms with E-state index >= 15 is 0 Å². The van der Waals surface area contributed by atoms with Crippen LogP contribution in [0.3, 0.4) is 0 Å². The van der Waals surface area contributed by atoms with Gasteiger partial charge in [0.25, 0.3) is 0 Å². The van der Waals surface area contributed by atoms with E-state index in [2.05, 4.69) is 48.4 Å². The zero-order chi connectivity index (χ0) is 11.5. The van der Waals surface area contributed by atoms with Crippen LogP contribution in [-0.4, -0.2) is 41.3 Å². The molecule has 0 bridgehead atoms. The first-order valence-electron chi connectivity index (χ1n) is 5.12. The quantitative estimate of drug-likeness (QED) is 0.815. The van der Waals surface area contributed by atoms with Gasteiger partial charge in [0.1, 0.15) is 5.82 Å². The van der Waals surface area contributed by atoms with Crippen LogP contribution < -0.4 is 5.32 Å². The lowest BCUT2D eigenvalue weighted by atomic mass is 10.0. The number of rotatable bonds is 4. The zero-order valence-corrected chi connectivity index (χ0v) is 10.2. The van der Waals surface area contributed by atoms with E-state index in [9.17, 15) is 0 Å². The third-order valence-corrected chi connectivity index (χ3v) is 2.70. The second-order valence-electron chi connectivity index (χ2n) is 4.68. The Morgan fingerprint density at radius 2 is 2.07 bits per heavy atom. The second-order valence-corrected chi connectivity index (χ2v) is 4.68. The van der Waals surface area contributed by atoms with E-state index in [1.165, 1.54) is 0 Å². The van der Waals surface area contributed by atoms with Gasteiger partial charge in [-0.3, -0.25) is 0 Å². The molecule has 1 heterocycles. The van der Waals surface area contributed by atoms with Gasteiger partial charge in [0, 0.05) is 12.1 Å². The Bertz CT molecular complexity index is 320. The second kappa shape index (κ2) is 4.57. The van der Waals surface area contributed by atoms with Crippen molar-refractivity contribution in [3.63, 3.8) is 0 Å². The van der Waals surface area contributed by atoms with E-state index < -0.39 is 0 Å². The van der Waals surface area contributed by atoms with Crippen LogP contribution in [0.5, 0.6) is 0 Å². The lowest BCUT2D eigenvalue weighted by molar-refractivity contribution is 0.210. The van der Waals surface area contributed by atoms with Crippen molar-refractivity contribution in [2.75, 3.05) is 26.0 Å². The summed E-state index contributed by atoms with van der Waals surface area (Å²) in [5, 5.41) is 11.2. The highest BCUT2D eigenvalue weighted by molar-refractivity contribution is 5.35. The number of hydrogen-bond donors (Lipinski definition) is 1. The predicted octanol–water partition coefficient (Wildman–Crippen LogP) is 1.54. The molecule has 4 nitrogen and oxygen atoms in total. The van der Waals surface area contributed by atoms with Crippen molar-refractivity contribution >= 4 is 5.82 Å². The van der Waals surface area contributed by atoms with Crippen LogP contribution in [0.2, 0.25) is 0 Å². The molecule has 0 spiro atoms. The molecule has 0 fully saturated rings. The lowest BCUT2D eigenvalue weighted by Gasteiger charge is -2.32. The summed E-state index contributed by atoms with van der Waals surface area (Å²) in [5.41, 5.74) is 1.22. The zero-order valence-electron chi connectivity index (χ0n) is 10.2. The molecular formula is C11H20N4. The van der Waals surface area contributed by atoms with Gasteiger partial charge >= 0.3 is 0 Å². The first-order valence-corrected chi connectivity index (χ1v) is 5.12. The van der Waals surface area contributed by atoms with Crippen molar-refractivity contribution in [1.29, 1.82) is 0 Å². The molecule has 0 atom stereocenters. The Balaban J connectivity index is 2.57. The number of nitrogens with one attached hydrogen (secondary N) is 1. The summed E-state index contributed by atoms with van der Waals surface area (Å²) in [7, 11) is 4.15. The topological polar surface area (TPSA) is 41.1 Å². The summed E-state index contributed by atoms with van der Waals surface area (Å²) in [6.45, 7) is 7.22. The van der Waals surface area contributed by atoms with Crippen molar-refractivity contribution in [2.45, 2.75) is 26.3 Å². The highest BCUT2D eigenvalue weighted by Crippen LogP contribution is 2.11. The molecule has 0 unspecified atom stereocenters.